The SMILES string of the molecule is CCn1cc(COC(c2ccc(C)c(CN3C[C@@H](C)Cc4ccccc4S3(=O)=O)c2)C(C)(C)C(=O)O)nn1. The third kappa shape index (κ3) is 5.67. The molecule has 10 heteroatoms. The Morgan fingerprint density at radius 3 is 2.66 bits per heavy atom. The molecule has 1 aliphatic rings. The number of nitrogens with zero attached hydrogens (tertiary/aromatic N) is 4. The van der Waals surface area contributed by atoms with E-state index < -0.39 is 27.5 Å². The largest absolute Gasteiger partial charge is 0.481 e. The number of aromatic nitrogens is 3. The molecular formula is C28H36N4O5S. The lowest BCUT2D eigenvalue weighted by atomic mass is 9.81. The second kappa shape index (κ2) is 11.0. The molecule has 204 valence electrons. The number of carboxylic acid groups (broad SMARTS) is 1. The molecule has 1 aliphatic heterocycles. The summed E-state index contributed by atoms with van der Waals surface area (Å²) in [5, 5.41) is 18.2. The molecule has 0 saturated carbocycles. The molecule has 0 aliphatic carbocycles. The Labute approximate surface area is 224 Å². The van der Waals surface area contributed by atoms with Crippen LogP contribution in [-0.2, 0) is 45.7 Å². The molecule has 0 amide bonds. The second-order valence-corrected chi connectivity index (χ2v) is 12.6. The summed E-state index contributed by atoms with van der Waals surface area (Å²) < 4.78 is 36.7. The van der Waals surface area contributed by atoms with E-state index in [-0.39, 0.29) is 19.1 Å². The first kappa shape index (κ1) is 27.9. The summed E-state index contributed by atoms with van der Waals surface area (Å²) in [5.74, 6) is -0.849. The van der Waals surface area contributed by atoms with Gasteiger partial charge in [0, 0.05) is 19.6 Å². The molecule has 4 rings (SSSR count). The summed E-state index contributed by atoms with van der Waals surface area (Å²) >= 11 is 0. The van der Waals surface area contributed by atoms with E-state index in [1.807, 2.05) is 44.2 Å². The van der Waals surface area contributed by atoms with Crippen LogP contribution in [0.4, 0.5) is 0 Å². The van der Waals surface area contributed by atoms with E-state index in [1.54, 1.807) is 36.9 Å². The number of ether oxygens (including phenoxy) is 1. The number of aliphatic carboxylic acids is 1. The van der Waals surface area contributed by atoms with Crippen LogP contribution in [0.5, 0.6) is 0 Å². The van der Waals surface area contributed by atoms with Crippen LogP contribution < -0.4 is 0 Å². The Balaban J connectivity index is 1.67. The molecule has 0 bridgehead atoms. The van der Waals surface area contributed by atoms with Crippen LogP contribution in [0.1, 0.15) is 61.7 Å². The van der Waals surface area contributed by atoms with Crippen molar-refractivity contribution in [1.82, 2.24) is 19.3 Å². The second-order valence-electron chi connectivity index (χ2n) is 10.7. The van der Waals surface area contributed by atoms with Gasteiger partial charge in [-0.2, -0.15) is 4.31 Å². The molecule has 1 aromatic heterocycles. The Morgan fingerprint density at radius 1 is 1.24 bits per heavy atom. The predicted molar refractivity (Wildman–Crippen MR) is 143 cm³/mol. The molecule has 1 N–H and O–H groups in total. The highest BCUT2D eigenvalue weighted by molar-refractivity contribution is 7.89. The maximum absolute atomic E-state index is 13.6. The molecule has 2 atom stereocenters. The van der Waals surface area contributed by atoms with Crippen molar-refractivity contribution in [2.45, 2.75) is 71.7 Å². The number of benzene rings is 2. The van der Waals surface area contributed by atoms with Crippen LogP contribution in [0.3, 0.4) is 0 Å². The Kier molecular flexibility index (Phi) is 8.06. The smallest absolute Gasteiger partial charge is 0.312 e. The molecular weight excluding hydrogens is 504 g/mol. The van der Waals surface area contributed by atoms with E-state index in [2.05, 4.69) is 17.2 Å². The lowest BCUT2D eigenvalue weighted by Crippen LogP contribution is -2.34. The quantitative estimate of drug-likeness (QED) is 0.429. The molecule has 9 nitrogen and oxygen atoms in total. The molecule has 0 spiro atoms. The van der Waals surface area contributed by atoms with Crippen LogP contribution in [-0.4, -0.2) is 45.3 Å². The van der Waals surface area contributed by atoms with Gasteiger partial charge in [0.15, 0.2) is 0 Å². The molecule has 2 aromatic carbocycles. The van der Waals surface area contributed by atoms with Crippen molar-refractivity contribution in [3.05, 3.63) is 76.6 Å². The zero-order chi connectivity index (χ0) is 27.7. The number of rotatable bonds is 9. The Morgan fingerprint density at radius 2 is 1.97 bits per heavy atom. The van der Waals surface area contributed by atoms with Crippen molar-refractivity contribution in [2.24, 2.45) is 11.3 Å². The van der Waals surface area contributed by atoms with Gasteiger partial charge in [-0.05, 0) is 68.4 Å². The summed E-state index contributed by atoms with van der Waals surface area (Å²) in [4.78, 5) is 12.6. The van der Waals surface area contributed by atoms with Crippen LogP contribution in [0.2, 0.25) is 0 Å². The van der Waals surface area contributed by atoms with Crippen molar-refractivity contribution in [3.63, 3.8) is 0 Å². The molecule has 2 heterocycles. The standard InChI is InChI=1S/C28H36N4O5S/c1-6-31-17-24(29-30-31)18-37-26(28(4,5)27(33)34)22-12-11-20(3)23(14-22)16-32-15-19(2)13-21-9-7-8-10-25(21)38(32,35)36/h7-12,14,17,19,26H,6,13,15-16,18H2,1-5H3,(H,33,34)/t19-,26?/m0/s1. The summed E-state index contributed by atoms with van der Waals surface area (Å²) in [7, 11) is -3.70. The Bertz CT molecular complexity index is 1420. The van der Waals surface area contributed by atoms with E-state index in [9.17, 15) is 18.3 Å². The van der Waals surface area contributed by atoms with E-state index in [4.69, 9.17) is 4.74 Å². The summed E-state index contributed by atoms with van der Waals surface area (Å²) in [6, 6.07) is 12.8. The first-order valence-corrected chi connectivity index (χ1v) is 14.3. The lowest BCUT2D eigenvalue weighted by molar-refractivity contribution is -0.158. The number of sulfonamides is 1. The number of carbonyl (C=O) groups is 1. The fourth-order valence-corrected chi connectivity index (χ4v) is 6.65. The number of fused-ring (bicyclic) bond motifs is 1. The maximum atomic E-state index is 13.6. The molecule has 0 radical (unpaired) electrons. The molecule has 0 saturated heterocycles. The fraction of sp³-hybridized carbons (Fsp3) is 0.464. The zero-order valence-electron chi connectivity index (χ0n) is 22.6. The van der Waals surface area contributed by atoms with Gasteiger partial charge in [-0.15, -0.1) is 5.10 Å². The lowest BCUT2D eigenvalue weighted by Gasteiger charge is -2.31. The van der Waals surface area contributed by atoms with Gasteiger partial charge < -0.3 is 9.84 Å². The van der Waals surface area contributed by atoms with E-state index in [1.165, 1.54) is 4.31 Å². The van der Waals surface area contributed by atoms with Gasteiger partial charge in [-0.25, -0.2) is 8.42 Å². The van der Waals surface area contributed by atoms with Gasteiger partial charge in [0.05, 0.1) is 29.2 Å². The van der Waals surface area contributed by atoms with Crippen molar-refractivity contribution < 1.29 is 23.1 Å². The maximum Gasteiger partial charge on any atom is 0.312 e. The van der Waals surface area contributed by atoms with Crippen LogP contribution in [0.15, 0.2) is 53.6 Å². The van der Waals surface area contributed by atoms with Crippen molar-refractivity contribution in [3.8, 4) is 0 Å². The van der Waals surface area contributed by atoms with Gasteiger partial charge in [0.1, 0.15) is 5.69 Å². The van der Waals surface area contributed by atoms with Crippen molar-refractivity contribution in [2.75, 3.05) is 6.54 Å². The number of aryl methyl sites for hydroxylation is 2. The minimum Gasteiger partial charge on any atom is -0.481 e. The average Bonchev–Trinajstić information content (AvgIpc) is 3.30. The predicted octanol–water partition coefficient (Wildman–Crippen LogP) is 4.36. The molecule has 1 unspecified atom stereocenters. The van der Waals surface area contributed by atoms with Gasteiger partial charge >= 0.3 is 5.97 Å². The van der Waals surface area contributed by atoms with Gasteiger partial charge in [0.2, 0.25) is 10.0 Å². The monoisotopic (exact) mass is 540 g/mol. The van der Waals surface area contributed by atoms with E-state index >= 15 is 0 Å². The summed E-state index contributed by atoms with van der Waals surface area (Å²) in [6.45, 7) is 10.5. The highest BCUT2D eigenvalue weighted by atomic mass is 32.2. The van der Waals surface area contributed by atoms with Gasteiger partial charge in [0.25, 0.3) is 0 Å². The average molecular weight is 541 g/mol. The number of carboxylic acids is 1. The molecule has 0 fully saturated rings. The third-order valence-corrected chi connectivity index (χ3v) is 9.12. The minimum absolute atomic E-state index is 0.0966. The molecule has 3 aromatic rings. The first-order chi connectivity index (χ1) is 17.9. The topological polar surface area (TPSA) is 115 Å². The fourth-order valence-electron chi connectivity index (χ4n) is 4.87. The van der Waals surface area contributed by atoms with Crippen LogP contribution >= 0.6 is 0 Å². The Hall–Kier alpha value is -3.08. The van der Waals surface area contributed by atoms with E-state index in [0.29, 0.717) is 35.7 Å². The minimum atomic E-state index is -3.70. The highest BCUT2D eigenvalue weighted by Crippen LogP contribution is 2.39. The highest BCUT2D eigenvalue weighted by Gasteiger charge is 2.40. The van der Waals surface area contributed by atoms with Crippen LogP contribution in [0, 0.1) is 18.3 Å². The summed E-state index contributed by atoms with van der Waals surface area (Å²) in [5.41, 5.74) is 2.59. The van der Waals surface area contributed by atoms with Crippen LogP contribution in [0.25, 0.3) is 0 Å². The normalized spacial score (nSPS) is 18.5. The zero-order valence-corrected chi connectivity index (χ0v) is 23.4. The third-order valence-electron chi connectivity index (χ3n) is 7.21. The van der Waals surface area contributed by atoms with Gasteiger partial charge in [-0.3, -0.25) is 9.48 Å². The van der Waals surface area contributed by atoms with Gasteiger partial charge in [-0.1, -0.05) is 48.5 Å². The number of hydrogen-bond acceptors (Lipinski definition) is 6. The molecule has 38 heavy (non-hydrogen) atoms. The summed E-state index contributed by atoms with van der Waals surface area (Å²) in [6.07, 6.45) is 1.66. The van der Waals surface area contributed by atoms with Crippen molar-refractivity contribution >= 4 is 16.0 Å². The van der Waals surface area contributed by atoms with Crippen molar-refractivity contribution in [1.29, 1.82) is 0 Å². The number of hydrogen-bond donors (Lipinski definition) is 1. The first-order valence-electron chi connectivity index (χ1n) is 12.8. The van der Waals surface area contributed by atoms with E-state index in [0.717, 1.165) is 16.7 Å².